The van der Waals surface area contributed by atoms with Crippen molar-refractivity contribution >= 4 is 18.0 Å². The van der Waals surface area contributed by atoms with Crippen LogP contribution in [0.15, 0.2) is 12.1 Å². The Kier molecular flexibility index (Phi) is 3.90. The molecule has 0 radical (unpaired) electrons. The summed E-state index contributed by atoms with van der Waals surface area (Å²) in [6.07, 6.45) is 0. The van der Waals surface area contributed by atoms with E-state index in [4.69, 9.17) is 12.2 Å². The van der Waals surface area contributed by atoms with Crippen LogP contribution in [0, 0.1) is 18.5 Å². The number of Topliss-reactive ketones (excluding diaryl/α,β-unsaturated/α-hetero) is 1. The summed E-state index contributed by atoms with van der Waals surface area (Å²) >= 11 is 5.42. The van der Waals surface area contributed by atoms with Gasteiger partial charge in [0.2, 0.25) is 0 Å². The molecule has 4 nitrogen and oxygen atoms in total. The average Bonchev–Trinajstić information content (AvgIpc) is 2.80. The zero-order valence-corrected chi connectivity index (χ0v) is 13.3. The molecule has 0 amide bonds. The molecule has 20 heavy (non-hydrogen) atoms. The average molecular weight is 289 g/mol. The van der Waals surface area contributed by atoms with Crippen LogP contribution in [0.3, 0.4) is 0 Å². The first-order valence-corrected chi connectivity index (χ1v) is 7.04. The molecule has 0 fully saturated rings. The van der Waals surface area contributed by atoms with Crippen molar-refractivity contribution in [2.24, 2.45) is 7.05 Å². The molecular formula is C15H19N3OS. The Hall–Kier alpha value is -1.75. The zero-order valence-electron chi connectivity index (χ0n) is 12.5. The number of rotatable bonds is 3. The van der Waals surface area contributed by atoms with E-state index in [1.807, 2.05) is 38.5 Å². The van der Waals surface area contributed by atoms with Crippen LogP contribution in [0.25, 0.3) is 11.4 Å². The summed E-state index contributed by atoms with van der Waals surface area (Å²) in [5, 5.41) is 4.54. The van der Waals surface area contributed by atoms with Crippen LogP contribution in [0.1, 0.15) is 35.5 Å². The minimum absolute atomic E-state index is 0.0246. The van der Waals surface area contributed by atoms with Gasteiger partial charge in [0.25, 0.3) is 0 Å². The number of hydrogen-bond acceptors (Lipinski definition) is 3. The zero-order chi connectivity index (χ0) is 15.0. The van der Waals surface area contributed by atoms with E-state index in [0.29, 0.717) is 12.2 Å². The fraction of sp³-hybridized carbons (Fsp3) is 0.400. The van der Waals surface area contributed by atoms with Crippen LogP contribution in [0.4, 0.5) is 0 Å². The van der Waals surface area contributed by atoms with Gasteiger partial charge in [0, 0.05) is 20.5 Å². The molecule has 0 aliphatic heterocycles. The lowest BCUT2D eigenvalue weighted by Crippen LogP contribution is -2.06. The molecule has 5 heteroatoms. The molecule has 106 valence electrons. The Morgan fingerprint density at radius 1 is 1.30 bits per heavy atom. The Morgan fingerprint density at radius 2 is 1.95 bits per heavy atom. The summed E-state index contributed by atoms with van der Waals surface area (Å²) < 4.78 is 4.49. The summed E-state index contributed by atoms with van der Waals surface area (Å²) in [4.78, 5) is 11.7. The molecule has 0 aliphatic rings. The maximum atomic E-state index is 11.7. The molecule has 0 aromatic carbocycles. The summed E-state index contributed by atoms with van der Waals surface area (Å²) in [7, 11) is 1.94. The molecule has 0 spiro atoms. The third-order valence-corrected chi connectivity index (χ3v) is 4.06. The van der Waals surface area contributed by atoms with Crippen molar-refractivity contribution in [1.29, 1.82) is 0 Å². The molecule has 0 saturated heterocycles. The Labute approximate surface area is 124 Å². The van der Waals surface area contributed by atoms with Gasteiger partial charge >= 0.3 is 0 Å². The fourth-order valence-electron chi connectivity index (χ4n) is 2.52. The van der Waals surface area contributed by atoms with Crippen molar-refractivity contribution in [1.82, 2.24) is 14.3 Å². The van der Waals surface area contributed by atoms with Crippen LogP contribution in [-0.4, -0.2) is 20.1 Å². The van der Waals surface area contributed by atoms with Crippen LogP contribution >= 0.6 is 12.2 Å². The molecular weight excluding hydrogens is 270 g/mol. The highest BCUT2D eigenvalue weighted by Gasteiger charge is 2.16. The highest BCUT2D eigenvalue weighted by molar-refractivity contribution is 7.71. The summed E-state index contributed by atoms with van der Waals surface area (Å²) in [5.74, 6) is 0.0246. The van der Waals surface area contributed by atoms with E-state index in [9.17, 15) is 4.79 Å². The number of pyridine rings is 1. The first-order valence-electron chi connectivity index (χ1n) is 6.63. The standard InChI is InChI=1S/C15H19N3OS/c1-6-18-13(11(4)19)8-12(16-18)14-9(2)7-10(3)15(20)17(14)5/h7-8H,6H2,1-5H3. The molecule has 0 aliphatic carbocycles. The van der Waals surface area contributed by atoms with Gasteiger partial charge in [-0.15, -0.1) is 0 Å². The summed E-state index contributed by atoms with van der Waals surface area (Å²) in [6, 6.07) is 3.91. The first kappa shape index (κ1) is 14.7. The maximum absolute atomic E-state index is 11.7. The number of nitrogens with zero attached hydrogens (tertiary/aromatic N) is 3. The van der Waals surface area contributed by atoms with Crippen molar-refractivity contribution in [2.75, 3.05) is 0 Å². The summed E-state index contributed by atoms with van der Waals surface area (Å²) in [6.45, 7) is 8.25. The second kappa shape index (κ2) is 5.32. The number of aromatic nitrogens is 3. The number of ketones is 1. The highest BCUT2D eigenvalue weighted by atomic mass is 32.1. The molecule has 0 atom stereocenters. The van der Waals surface area contributed by atoms with Crippen LogP contribution < -0.4 is 0 Å². The first-order chi connectivity index (χ1) is 9.36. The van der Waals surface area contributed by atoms with Crippen molar-refractivity contribution in [3.63, 3.8) is 0 Å². The molecule has 2 aromatic rings. The normalized spacial score (nSPS) is 10.8. The number of carbonyl (C=O) groups is 1. The van der Waals surface area contributed by atoms with Crippen molar-refractivity contribution < 1.29 is 4.79 Å². The third kappa shape index (κ3) is 2.33. The minimum atomic E-state index is 0.0246. The Morgan fingerprint density at radius 3 is 2.45 bits per heavy atom. The van der Waals surface area contributed by atoms with Gasteiger partial charge in [-0.2, -0.15) is 5.10 Å². The molecule has 2 rings (SSSR count). The van der Waals surface area contributed by atoms with Crippen molar-refractivity contribution in [2.45, 2.75) is 34.2 Å². The predicted molar refractivity (Wildman–Crippen MR) is 82.6 cm³/mol. The van der Waals surface area contributed by atoms with Gasteiger partial charge in [-0.05, 0) is 38.0 Å². The van der Waals surface area contributed by atoms with Gasteiger partial charge < -0.3 is 4.57 Å². The second-order valence-electron chi connectivity index (χ2n) is 5.01. The smallest absolute Gasteiger partial charge is 0.177 e. The van der Waals surface area contributed by atoms with Gasteiger partial charge in [-0.1, -0.05) is 18.3 Å². The van der Waals surface area contributed by atoms with Gasteiger partial charge in [0.1, 0.15) is 16.0 Å². The molecule has 2 heterocycles. The van der Waals surface area contributed by atoms with E-state index in [2.05, 4.69) is 11.2 Å². The number of aryl methyl sites for hydroxylation is 3. The lowest BCUT2D eigenvalue weighted by molar-refractivity contribution is 0.100. The second-order valence-corrected chi connectivity index (χ2v) is 5.40. The monoisotopic (exact) mass is 289 g/mol. The molecule has 0 unspecified atom stereocenters. The summed E-state index contributed by atoms with van der Waals surface area (Å²) in [5.41, 5.74) is 4.58. The van der Waals surface area contributed by atoms with Crippen LogP contribution in [0.2, 0.25) is 0 Å². The van der Waals surface area contributed by atoms with Crippen molar-refractivity contribution in [3.05, 3.63) is 33.6 Å². The fourth-order valence-corrected chi connectivity index (χ4v) is 2.67. The quantitative estimate of drug-likeness (QED) is 0.642. The van der Waals surface area contributed by atoms with Crippen molar-refractivity contribution in [3.8, 4) is 11.4 Å². The SMILES string of the molecule is CCn1nc(-c2c(C)cc(C)c(=S)n2C)cc1C(C)=O. The van der Waals surface area contributed by atoms with E-state index in [1.165, 1.54) is 0 Å². The maximum Gasteiger partial charge on any atom is 0.177 e. The van der Waals surface area contributed by atoms with Gasteiger partial charge in [-0.25, -0.2) is 0 Å². The highest BCUT2D eigenvalue weighted by Crippen LogP contribution is 2.24. The minimum Gasteiger partial charge on any atom is -0.333 e. The Bertz CT molecular complexity index is 740. The Balaban J connectivity index is 2.73. The molecule has 0 N–H and O–H groups in total. The van der Waals surface area contributed by atoms with Gasteiger partial charge in [0.05, 0.1) is 5.69 Å². The number of carbonyl (C=O) groups excluding carboxylic acids is 1. The van der Waals surface area contributed by atoms with E-state index in [-0.39, 0.29) is 5.78 Å². The molecule has 2 aromatic heterocycles. The molecule has 0 saturated carbocycles. The van der Waals surface area contributed by atoms with E-state index in [0.717, 1.165) is 27.2 Å². The van der Waals surface area contributed by atoms with Gasteiger partial charge in [0.15, 0.2) is 5.78 Å². The number of hydrogen-bond donors (Lipinski definition) is 0. The largest absolute Gasteiger partial charge is 0.333 e. The van der Waals surface area contributed by atoms with E-state index in [1.54, 1.807) is 11.6 Å². The van der Waals surface area contributed by atoms with Crippen LogP contribution in [-0.2, 0) is 13.6 Å². The van der Waals surface area contributed by atoms with E-state index < -0.39 is 0 Å². The lowest BCUT2D eigenvalue weighted by Gasteiger charge is -2.12. The van der Waals surface area contributed by atoms with Crippen LogP contribution in [0.5, 0.6) is 0 Å². The molecule has 0 bridgehead atoms. The van der Waals surface area contributed by atoms with Gasteiger partial charge in [-0.3, -0.25) is 9.48 Å². The predicted octanol–water partition coefficient (Wildman–Crippen LogP) is 3.46. The topological polar surface area (TPSA) is 39.8 Å². The lowest BCUT2D eigenvalue weighted by atomic mass is 10.1. The van der Waals surface area contributed by atoms with E-state index >= 15 is 0 Å². The third-order valence-electron chi connectivity index (χ3n) is 3.47.